The van der Waals surface area contributed by atoms with Crippen molar-refractivity contribution in [1.29, 1.82) is 0 Å². The van der Waals surface area contributed by atoms with E-state index in [0.29, 0.717) is 31.2 Å². The summed E-state index contributed by atoms with van der Waals surface area (Å²) < 4.78 is 32.0. The number of likely N-dealkylation sites (tertiary alicyclic amines) is 1. The molecule has 1 aliphatic heterocycles. The molecule has 0 unspecified atom stereocenters. The molecule has 1 N–H and O–H groups in total. The fraction of sp³-hybridized carbons (Fsp3) is 0.524. The molecule has 0 aliphatic carbocycles. The van der Waals surface area contributed by atoms with E-state index in [0.717, 1.165) is 12.1 Å². The summed E-state index contributed by atoms with van der Waals surface area (Å²) in [7, 11) is 1.29. The van der Waals surface area contributed by atoms with Crippen molar-refractivity contribution in [3.8, 4) is 0 Å². The number of esters is 1. The van der Waals surface area contributed by atoms with Crippen LogP contribution in [0.3, 0.4) is 0 Å². The zero-order valence-corrected chi connectivity index (χ0v) is 16.7. The SMILES string of the molecule is COC(=O)C=CCC[C@@H]1CC[C@](c2ccc(F)c(F)c2)(C(C)(C)C)N1C(=O)O. The zero-order chi connectivity index (χ0) is 21.1. The summed E-state index contributed by atoms with van der Waals surface area (Å²) in [4.78, 5) is 24.8. The molecule has 0 radical (unpaired) electrons. The van der Waals surface area contributed by atoms with Gasteiger partial charge in [-0.1, -0.05) is 32.9 Å². The van der Waals surface area contributed by atoms with Crippen molar-refractivity contribution in [1.82, 2.24) is 4.90 Å². The molecule has 1 amide bonds. The minimum Gasteiger partial charge on any atom is -0.466 e. The van der Waals surface area contributed by atoms with Crippen LogP contribution in [0.2, 0.25) is 0 Å². The molecule has 1 fully saturated rings. The van der Waals surface area contributed by atoms with Crippen molar-refractivity contribution in [2.24, 2.45) is 5.41 Å². The van der Waals surface area contributed by atoms with E-state index in [1.165, 1.54) is 24.2 Å². The van der Waals surface area contributed by atoms with E-state index in [1.54, 1.807) is 6.08 Å². The number of halogens is 2. The van der Waals surface area contributed by atoms with Gasteiger partial charge in [0.1, 0.15) is 0 Å². The Hall–Kier alpha value is -2.44. The molecule has 0 saturated carbocycles. The number of nitrogens with zero attached hydrogens (tertiary/aromatic N) is 1. The van der Waals surface area contributed by atoms with Crippen LogP contribution < -0.4 is 0 Å². The van der Waals surface area contributed by atoms with Crippen LogP contribution in [0, 0.1) is 17.0 Å². The summed E-state index contributed by atoms with van der Waals surface area (Å²) in [6, 6.07) is 3.33. The number of allylic oxidation sites excluding steroid dienone is 1. The number of amides is 1. The molecule has 1 aromatic rings. The highest BCUT2D eigenvalue weighted by Gasteiger charge is 2.56. The van der Waals surface area contributed by atoms with Crippen molar-refractivity contribution in [3.63, 3.8) is 0 Å². The predicted octanol–water partition coefficient (Wildman–Crippen LogP) is 4.86. The minimum absolute atomic E-state index is 0.299. The van der Waals surface area contributed by atoms with Crippen LogP contribution in [-0.2, 0) is 15.1 Å². The number of carbonyl (C=O) groups excluding carboxylic acids is 1. The number of carboxylic acid groups (broad SMARTS) is 1. The summed E-state index contributed by atoms with van der Waals surface area (Å²) in [5, 5.41) is 10.0. The van der Waals surface area contributed by atoms with Crippen LogP contribution >= 0.6 is 0 Å². The Balaban J connectivity index is 2.40. The molecule has 2 rings (SSSR count). The molecular weight excluding hydrogens is 368 g/mol. The molecule has 5 nitrogen and oxygen atoms in total. The zero-order valence-electron chi connectivity index (χ0n) is 16.7. The fourth-order valence-electron chi connectivity index (χ4n) is 4.27. The minimum atomic E-state index is -1.10. The van der Waals surface area contributed by atoms with E-state index in [-0.39, 0.29) is 6.04 Å². The Morgan fingerprint density at radius 1 is 1.32 bits per heavy atom. The highest BCUT2D eigenvalue weighted by atomic mass is 19.2. The molecule has 0 spiro atoms. The quantitative estimate of drug-likeness (QED) is 0.571. The van der Waals surface area contributed by atoms with Gasteiger partial charge in [0.25, 0.3) is 0 Å². The molecule has 0 aromatic heterocycles. The van der Waals surface area contributed by atoms with Gasteiger partial charge in [-0.05, 0) is 48.8 Å². The second kappa shape index (κ2) is 8.29. The highest BCUT2D eigenvalue weighted by Crippen LogP contribution is 2.54. The predicted molar refractivity (Wildman–Crippen MR) is 101 cm³/mol. The van der Waals surface area contributed by atoms with Crippen LogP contribution in [0.4, 0.5) is 13.6 Å². The van der Waals surface area contributed by atoms with Gasteiger partial charge in [0, 0.05) is 12.1 Å². The van der Waals surface area contributed by atoms with Crippen LogP contribution in [0.15, 0.2) is 30.4 Å². The average molecular weight is 395 g/mol. The normalized spacial score (nSPS) is 22.6. The lowest BCUT2D eigenvalue weighted by molar-refractivity contribution is -0.134. The molecular formula is C21H27F2NO4. The van der Waals surface area contributed by atoms with Crippen LogP contribution in [0.25, 0.3) is 0 Å². The lowest BCUT2D eigenvalue weighted by Crippen LogP contribution is -2.55. The van der Waals surface area contributed by atoms with Gasteiger partial charge in [-0.2, -0.15) is 0 Å². The first kappa shape index (κ1) is 21.9. The van der Waals surface area contributed by atoms with Gasteiger partial charge in [0.2, 0.25) is 0 Å². The third-order valence-electron chi connectivity index (χ3n) is 5.58. The number of methoxy groups -OCH3 is 1. The highest BCUT2D eigenvalue weighted by molar-refractivity contribution is 5.81. The number of rotatable bonds is 5. The molecule has 1 heterocycles. The largest absolute Gasteiger partial charge is 0.466 e. The second-order valence-corrected chi connectivity index (χ2v) is 8.09. The smallest absolute Gasteiger partial charge is 0.408 e. The first-order chi connectivity index (χ1) is 13.0. The Bertz CT molecular complexity index is 772. The second-order valence-electron chi connectivity index (χ2n) is 8.09. The molecule has 1 aromatic carbocycles. The van der Waals surface area contributed by atoms with E-state index in [9.17, 15) is 23.5 Å². The molecule has 1 aliphatic rings. The lowest BCUT2D eigenvalue weighted by atomic mass is 9.67. The first-order valence-electron chi connectivity index (χ1n) is 9.27. The number of ether oxygens (including phenoxy) is 1. The van der Waals surface area contributed by atoms with Gasteiger partial charge in [0.05, 0.1) is 12.6 Å². The number of hydrogen-bond acceptors (Lipinski definition) is 3. The molecule has 2 atom stereocenters. The van der Waals surface area contributed by atoms with E-state index >= 15 is 0 Å². The van der Waals surface area contributed by atoms with E-state index in [1.807, 2.05) is 20.8 Å². The topological polar surface area (TPSA) is 66.8 Å². The third kappa shape index (κ3) is 4.03. The summed E-state index contributed by atoms with van der Waals surface area (Å²) in [6.45, 7) is 5.72. The number of benzene rings is 1. The molecule has 0 bridgehead atoms. The standard InChI is InChI=1S/C21H27F2NO4/c1-20(2,3)21(14-9-10-16(22)17(23)13-14)12-11-15(24(21)19(26)27)7-5-6-8-18(25)28-4/h6,8-10,13,15H,5,7,11-12H2,1-4H3,(H,26,27)/t15-,21+/m1/s1. The number of carbonyl (C=O) groups is 2. The van der Waals surface area contributed by atoms with Crippen LogP contribution in [0.5, 0.6) is 0 Å². The maximum absolute atomic E-state index is 14.0. The molecule has 28 heavy (non-hydrogen) atoms. The summed E-state index contributed by atoms with van der Waals surface area (Å²) in [6.07, 6.45) is 3.98. The van der Waals surface area contributed by atoms with Gasteiger partial charge < -0.3 is 9.84 Å². The van der Waals surface area contributed by atoms with Crippen molar-refractivity contribution in [2.45, 2.75) is 58.0 Å². The van der Waals surface area contributed by atoms with Gasteiger partial charge in [-0.3, -0.25) is 4.90 Å². The van der Waals surface area contributed by atoms with Gasteiger partial charge in [-0.15, -0.1) is 0 Å². The summed E-state index contributed by atoms with van der Waals surface area (Å²) in [5.41, 5.74) is -1.08. The van der Waals surface area contributed by atoms with Crippen LogP contribution in [-0.4, -0.2) is 35.2 Å². The molecule has 1 saturated heterocycles. The first-order valence-corrected chi connectivity index (χ1v) is 9.27. The maximum Gasteiger partial charge on any atom is 0.408 e. The Labute approximate surface area is 164 Å². The lowest BCUT2D eigenvalue weighted by Gasteiger charge is -2.49. The van der Waals surface area contributed by atoms with Gasteiger partial charge in [-0.25, -0.2) is 18.4 Å². The Morgan fingerprint density at radius 2 is 2.00 bits per heavy atom. The van der Waals surface area contributed by atoms with Crippen molar-refractivity contribution in [3.05, 3.63) is 47.5 Å². The molecule has 7 heteroatoms. The van der Waals surface area contributed by atoms with Crippen molar-refractivity contribution < 1.29 is 28.2 Å². The van der Waals surface area contributed by atoms with Gasteiger partial charge >= 0.3 is 12.1 Å². The monoisotopic (exact) mass is 395 g/mol. The van der Waals surface area contributed by atoms with Crippen LogP contribution in [0.1, 0.15) is 52.0 Å². The number of hydrogen-bond donors (Lipinski definition) is 1. The Kier molecular flexibility index (Phi) is 6.47. The summed E-state index contributed by atoms with van der Waals surface area (Å²) >= 11 is 0. The van der Waals surface area contributed by atoms with Crippen molar-refractivity contribution >= 4 is 12.1 Å². The van der Waals surface area contributed by atoms with Crippen molar-refractivity contribution in [2.75, 3.05) is 7.11 Å². The van der Waals surface area contributed by atoms with E-state index in [4.69, 9.17) is 0 Å². The van der Waals surface area contributed by atoms with E-state index in [2.05, 4.69) is 4.74 Å². The Morgan fingerprint density at radius 3 is 2.54 bits per heavy atom. The van der Waals surface area contributed by atoms with Gasteiger partial charge in [0.15, 0.2) is 11.6 Å². The maximum atomic E-state index is 14.0. The third-order valence-corrected chi connectivity index (χ3v) is 5.58. The molecule has 154 valence electrons. The average Bonchev–Trinajstić information content (AvgIpc) is 3.01. The fourth-order valence-corrected chi connectivity index (χ4v) is 4.27. The van der Waals surface area contributed by atoms with E-state index < -0.39 is 34.7 Å². The summed E-state index contributed by atoms with van der Waals surface area (Å²) in [5.74, 6) is -2.42.